The van der Waals surface area contributed by atoms with E-state index in [1.807, 2.05) is 6.07 Å². The fourth-order valence-corrected chi connectivity index (χ4v) is 4.32. The molecule has 0 bridgehead atoms. The van der Waals surface area contributed by atoms with Crippen molar-refractivity contribution in [3.8, 4) is 0 Å². The van der Waals surface area contributed by atoms with E-state index >= 15 is 0 Å². The van der Waals surface area contributed by atoms with E-state index in [0.29, 0.717) is 11.1 Å². The van der Waals surface area contributed by atoms with E-state index in [2.05, 4.69) is 10.3 Å². The van der Waals surface area contributed by atoms with Gasteiger partial charge < -0.3 is 5.32 Å². The number of sulfone groups is 1. The predicted molar refractivity (Wildman–Crippen MR) is 99.4 cm³/mol. The highest BCUT2D eigenvalue weighted by Gasteiger charge is 2.29. The zero-order chi connectivity index (χ0) is 18.4. The summed E-state index contributed by atoms with van der Waals surface area (Å²) >= 11 is 0. The van der Waals surface area contributed by atoms with Gasteiger partial charge in [-0.15, -0.1) is 0 Å². The molecule has 26 heavy (non-hydrogen) atoms. The number of carbonyl (C=O) groups excluding carboxylic acids is 1. The largest absolute Gasteiger partial charge is 0.350 e. The third kappa shape index (κ3) is 3.97. The van der Waals surface area contributed by atoms with Gasteiger partial charge in [-0.25, -0.2) is 8.42 Å². The van der Waals surface area contributed by atoms with Crippen LogP contribution in [0.25, 0.3) is 0 Å². The lowest BCUT2D eigenvalue weighted by Gasteiger charge is -2.19. The van der Waals surface area contributed by atoms with Crippen molar-refractivity contribution < 1.29 is 13.2 Å². The Morgan fingerprint density at radius 1 is 0.923 bits per heavy atom. The minimum atomic E-state index is -3.66. The van der Waals surface area contributed by atoms with Gasteiger partial charge in [-0.2, -0.15) is 0 Å². The van der Waals surface area contributed by atoms with E-state index < -0.39 is 15.1 Å². The lowest BCUT2D eigenvalue weighted by Crippen LogP contribution is -2.32. The number of pyridine rings is 1. The molecule has 1 atom stereocenters. The lowest BCUT2D eigenvalue weighted by molar-refractivity contribution is 0.0953. The monoisotopic (exact) mass is 366 g/mol. The standard InChI is InChI=1S/C20H18N2O3S/c23-20(17-10-7-13-21-14-17)22-15-19(16-8-3-1-4-9-16)26(24,25)18-11-5-2-6-12-18/h1-14,19H,15H2,(H,22,23)/t19-/m1/s1. The van der Waals surface area contributed by atoms with Gasteiger partial charge in [0.15, 0.2) is 9.84 Å². The van der Waals surface area contributed by atoms with Gasteiger partial charge in [-0.05, 0) is 29.8 Å². The van der Waals surface area contributed by atoms with Gasteiger partial charge in [0.1, 0.15) is 5.25 Å². The molecule has 6 heteroatoms. The molecule has 0 radical (unpaired) electrons. The van der Waals surface area contributed by atoms with Crippen molar-refractivity contribution in [2.24, 2.45) is 0 Å². The molecule has 132 valence electrons. The van der Waals surface area contributed by atoms with E-state index in [4.69, 9.17) is 0 Å². The Kier molecular flexibility index (Phi) is 5.43. The Morgan fingerprint density at radius 3 is 2.19 bits per heavy atom. The van der Waals surface area contributed by atoms with E-state index in [1.54, 1.807) is 72.9 Å². The van der Waals surface area contributed by atoms with Crippen molar-refractivity contribution in [3.63, 3.8) is 0 Å². The minimum absolute atomic E-state index is 0.0328. The van der Waals surface area contributed by atoms with Crippen LogP contribution >= 0.6 is 0 Å². The number of rotatable bonds is 6. The third-order valence-electron chi connectivity index (χ3n) is 3.99. The smallest absolute Gasteiger partial charge is 0.252 e. The van der Waals surface area contributed by atoms with E-state index in [1.165, 1.54) is 6.20 Å². The zero-order valence-corrected chi connectivity index (χ0v) is 14.8. The van der Waals surface area contributed by atoms with Crippen molar-refractivity contribution in [1.29, 1.82) is 0 Å². The SMILES string of the molecule is O=C(NC[C@H](c1ccccc1)S(=O)(=O)c1ccccc1)c1cccnc1. The van der Waals surface area contributed by atoms with E-state index in [-0.39, 0.29) is 17.3 Å². The first-order chi connectivity index (χ1) is 12.6. The Hall–Kier alpha value is -2.99. The summed E-state index contributed by atoms with van der Waals surface area (Å²) in [6, 6.07) is 20.4. The van der Waals surface area contributed by atoms with Crippen LogP contribution in [-0.2, 0) is 9.84 Å². The molecule has 1 amide bonds. The fraction of sp³-hybridized carbons (Fsp3) is 0.100. The van der Waals surface area contributed by atoms with Crippen molar-refractivity contribution in [2.45, 2.75) is 10.1 Å². The van der Waals surface area contributed by atoms with Crippen molar-refractivity contribution >= 4 is 15.7 Å². The van der Waals surface area contributed by atoms with E-state index in [9.17, 15) is 13.2 Å². The summed E-state index contributed by atoms with van der Waals surface area (Å²) in [6.45, 7) is -0.0328. The molecule has 3 aromatic rings. The van der Waals surface area contributed by atoms with Crippen LogP contribution in [0.15, 0.2) is 90.1 Å². The molecular formula is C20H18N2O3S. The number of aromatic nitrogens is 1. The summed E-state index contributed by atoms with van der Waals surface area (Å²) in [5.74, 6) is -0.359. The summed E-state index contributed by atoms with van der Waals surface area (Å²) < 4.78 is 26.2. The third-order valence-corrected chi connectivity index (χ3v) is 6.11. The molecule has 3 rings (SSSR count). The van der Waals surface area contributed by atoms with Crippen molar-refractivity contribution in [3.05, 3.63) is 96.3 Å². The van der Waals surface area contributed by atoms with Gasteiger partial charge in [0, 0.05) is 18.9 Å². The van der Waals surface area contributed by atoms with E-state index in [0.717, 1.165) is 0 Å². The molecular weight excluding hydrogens is 348 g/mol. The number of hydrogen-bond donors (Lipinski definition) is 1. The van der Waals surface area contributed by atoms with Crippen LogP contribution in [0.4, 0.5) is 0 Å². The maximum Gasteiger partial charge on any atom is 0.252 e. The summed E-state index contributed by atoms with van der Waals surface area (Å²) in [5.41, 5.74) is 1.01. The molecule has 0 unspecified atom stereocenters. The second-order valence-electron chi connectivity index (χ2n) is 5.71. The second kappa shape index (κ2) is 7.93. The van der Waals surface area contributed by atoms with Gasteiger partial charge >= 0.3 is 0 Å². The highest BCUT2D eigenvalue weighted by molar-refractivity contribution is 7.91. The fourth-order valence-electron chi connectivity index (χ4n) is 2.63. The van der Waals surface area contributed by atoms with Crippen molar-refractivity contribution in [2.75, 3.05) is 6.54 Å². The number of hydrogen-bond acceptors (Lipinski definition) is 4. The molecule has 5 nitrogen and oxygen atoms in total. The van der Waals surface area contributed by atoms with Crippen LogP contribution in [0.1, 0.15) is 21.2 Å². The molecule has 0 saturated carbocycles. The molecule has 0 aliphatic carbocycles. The average molecular weight is 366 g/mol. The van der Waals surface area contributed by atoms with Gasteiger partial charge in [-0.1, -0.05) is 48.5 Å². The quantitative estimate of drug-likeness (QED) is 0.727. The molecule has 0 aliphatic heterocycles. The van der Waals surface area contributed by atoms with Crippen molar-refractivity contribution in [1.82, 2.24) is 10.3 Å². The highest BCUT2D eigenvalue weighted by atomic mass is 32.2. The summed E-state index contributed by atoms with van der Waals surface area (Å²) in [5, 5.41) is 1.83. The number of amides is 1. The molecule has 0 fully saturated rings. The summed E-state index contributed by atoms with van der Waals surface area (Å²) in [7, 11) is -3.66. The predicted octanol–water partition coefficient (Wildman–Crippen LogP) is 3.03. The van der Waals surface area contributed by atoms with Crippen LogP contribution in [-0.4, -0.2) is 25.9 Å². The number of carbonyl (C=O) groups is 1. The summed E-state index contributed by atoms with van der Waals surface area (Å²) in [6.07, 6.45) is 3.02. The van der Waals surface area contributed by atoms with Gasteiger partial charge in [-0.3, -0.25) is 9.78 Å². The Bertz CT molecular complexity index is 960. The second-order valence-corrected chi connectivity index (χ2v) is 7.84. The topological polar surface area (TPSA) is 76.1 Å². The normalized spacial score (nSPS) is 12.3. The van der Waals surface area contributed by atoms with Crippen LogP contribution in [0.5, 0.6) is 0 Å². The van der Waals surface area contributed by atoms with Crippen LogP contribution < -0.4 is 5.32 Å². The Labute approximate surface area is 152 Å². The first-order valence-corrected chi connectivity index (χ1v) is 9.66. The molecule has 1 heterocycles. The highest BCUT2D eigenvalue weighted by Crippen LogP contribution is 2.28. The maximum absolute atomic E-state index is 13.1. The van der Waals surface area contributed by atoms with Gasteiger partial charge in [0.25, 0.3) is 5.91 Å². The molecule has 0 spiro atoms. The Balaban J connectivity index is 1.89. The maximum atomic E-state index is 13.1. The molecule has 0 saturated heterocycles. The molecule has 1 aromatic heterocycles. The molecule has 0 aliphatic rings. The lowest BCUT2D eigenvalue weighted by atomic mass is 10.1. The zero-order valence-electron chi connectivity index (χ0n) is 13.9. The number of benzene rings is 2. The van der Waals surface area contributed by atoms with Crippen LogP contribution in [0, 0.1) is 0 Å². The first-order valence-electron chi connectivity index (χ1n) is 8.11. The summed E-state index contributed by atoms with van der Waals surface area (Å²) in [4.78, 5) is 16.4. The van der Waals surface area contributed by atoms with Crippen LogP contribution in [0.3, 0.4) is 0 Å². The minimum Gasteiger partial charge on any atom is -0.350 e. The van der Waals surface area contributed by atoms with Crippen LogP contribution in [0.2, 0.25) is 0 Å². The first kappa shape index (κ1) is 17.8. The average Bonchev–Trinajstić information content (AvgIpc) is 2.70. The van der Waals surface area contributed by atoms with Gasteiger partial charge in [0.05, 0.1) is 10.5 Å². The van der Waals surface area contributed by atoms with Gasteiger partial charge in [0.2, 0.25) is 0 Å². The number of nitrogens with one attached hydrogen (secondary N) is 1. The Morgan fingerprint density at radius 2 is 1.58 bits per heavy atom. The molecule has 1 N–H and O–H groups in total. The molecule has 2 aromatic carbocycles. The number of nitrogens with zero attached hydrogens (tertiary/aromatic N) is 1.